The van der Waals surface area contributed by atoms with Crippen LogP contribution in [0.15, 0.2) is 84.4 Å². The number of likely N-dealkylation sites (tertiary alicyclic amines) is 1. The molecule has 0 spiro atoms. The Kier molecular flexibility index (Phi) is 8.15. The van der Waals surface area contributed by atoms with E-state index in [1.165, 1.54) is 5.56 Å². The summed E-state index contributed by atoms with van der Waals surface area (Å²) in [4.78, 5) is 36.5. The van der Waals surface area contributed by atoms with Crippen molar-refractivity contribution in [3.05, 3.63) is 90.5 Å². The Morgan fingerprint density at radius 3 is 2.42 bits per heavy atom. The van der Waals surface area contributed by atoms with Gasteiger partial charge in [0, 0.05) is 55.2 Å². The second-order valence-corrected chi connectivity index (χ2v) is 9.12. The lowest BCUT2D eigenvalue weighted by Crippen LogP contribution is -2.34. The van der Waals surface area contributed by atoms with Crippen LogP contribution in [-0.4, -0.2) is 55.0 Å². The number of rotatable bonds is 8. The fourth-order valence-electron chi connectivity index (χ4n) is 4.26. The number of carbonyl (C=O) groups excluding carboxylic acids is 1. The summed E-state index contributed by atoms with van der Waals surface area (Å²) in [5, 5.41) is 8.62. The van der Waals surface area contributed by atoms with Crippen LogP contribution in [0.5, 0.6) is 0 Å². The van der Waals surface area contributed by atoms with Gasteiger partial charge in [-0.15, -0.1) is 0 Å². The van der Waals surface area contributed by atoms with Crippen LogP contribution < -0.4 is 10.6 Å². The molecule has 0 aliphatic carbocycles. The van der Waals surface area contributed by atoms with E-state index >= 15 is 0 Å². The maximum absolute atomic E-state index is 12.8. The summed E-state index contributed by atoms with van der Waals surface area (Å²) in [5.41, 5.74) is 4.62. The molecular formula is C28H26N8OS. The lowest BCUT2D eigenvalue weighted by molar-refractivity contribution is 0.102. The predicted octanol–water partition coefficient (Wildman–Crippen LogP) is 5.00. The Bertz CT molecular complexity index is 1420. The summed E-state index contributed by atoms with van der Waals surface area (Å²) in [5.74, 6) is 0.286. The number of isothiocyanates is 1. The van der Waals surface area contributed by atoms with Gasteiger partial charge in [-0.2, -0.15) is 0 Å². The topological polar surface area (TPSA) is 108 Å². The molecule has 0 saturated carbocycles. The smallest absolute Gasteiger partial charge is 0.255 e. The molecule has 38 heavy (non-hydrogen) atoms. The average Bonchev–Trinajstić information content (AvgIpc) is 2.96. The highest BCUT2D eigenvalue weighted by molar-refractivity contribution is 7.78. The molecular weight excluding hydrogens is 496 g/mol. The van der Waals surface area contributed by atoms with Crippen molar-refractivity contribution in [1.82, 2.24) is 24.8 Å². The minimum absolute atomic E-state index is 0.156. The first kappa shape index (κ1) is 25.3. The van der Waals surface area contributed by atoms with Crippen molar-refractivity contribution in [3.63, 3.8) is 0 Å². The SMILES string of the molecule is O=C(Nc1ccc(Nc2nccc(-c3cnccn3)n2)cc1)c1ccc(CN2CCC(N=C=S)CC2)cc1. The van der Waals surface area contributed by atoms with E-state index in [2.05, 4.69) is 45.6 Å². The lowest BCUT2D eigenvalue weighted by atomic mass is 10.0. The molecule has 0 unspecified atom stereocenters. The Hall–Kier alpha value is -4.37. The summed E-state index contributed by atoms with van der Waals surface area (Å²) in [6.07, 6.45) is 8.56. The molecule has 2 aromatic carbocycles. The van der Waals surface area contributed by atoms with Gasteiger partial charge in [-0.25, -0.2) is 15.0 Å². The third-order valence-corrected chi connectivity index (χ3v) is 6.40. The molecule has 0 radical (unpaired) electrons. The Morgan fingerprint density at radius 1 is 0.947 bits per heavy atom. The van der Waals surface area contributed by atoms with Crippen LogP contribution in [0.4, 0.5) is 17.3 Å². The maximum atomic E-state index is 12.8. The standard InChI is InChI=1S/C28H26N8OS/c37-27(21-3-1-20(2-4-21)18-36-15-10-22(11-16-36)32-19-38)33-23-5-7-24(8-6-23)34-28-31-12-9-25(35-28)26-17-29-13-14-30-26/h1-9,12-14,17,22H,10-11,15-16,18H2,(H,33,37)(H,31,34,35). The fourth-order valence-corrected chi connectivity index (χ4v) is 4.41. The summed E-state index contributed by atoms with van der Waals surface area (Å²) < 4.78 is 0. The minimum Gasteiger partial charge on any atom is -0.324 e. The van der Waals surface area contributed by atoms with E-state index < -0.39 is 0 Å². The molecule has 0 bridgehead atoms. The highest BCUT2D eigenvalue weighted by Crippen LogP contribution is 2.20. The van der Waals surface area contributed by atoms with Crippen LogP contribution in [0.3, 0.4) is 0 Å². The number of benzene rings is 2. The third kappa shape index (κ3) is 6.68. The fraction of sp³-hybridized carbons (Fsp3) is 0.214. The lowest BCUT2D eigenvalue weighted by Gasteiger charge is -2.29. The first-order valence-corrected chi connectivity index (χ1v) is 12.7. The number of thiocarbonyl (C=S) groups is 1. The van der Waals surface area contributed by atoms with Crippen molar-refractivity contribution < 1.29 is 4.79 Å². The molecule has 10 heteroatoms. The van der Waals surface area contributed by atoms with Crippen LogP contribution >= 0.6 is 12.2 Å². The van der Waals surface area contributed by atoms with E-state index in [1.807, 2.05) is 48.5 Å². The number of aromatic nitrogens is 4. The molecule has 3 heterocycles. The van der Waals surface area contributed by atoms with Gasteiger partial charge in [-0.1, -0.05) is 12.1 Å². The number of nitrogens with one attached hydrogen (secondary N) is 2. The summed E-state index contributed by atoms with van der Waals surface area (Å²) in [7, 11) is 0. The van der Waals surface area contributed by atoms with Crippen LogP contribution in [0.1, 0.15) is 28.8 Å². The van der Waals surface area contributed by atoms with Gasteiger partial charge in [-0.05, 0) is 73.1 Å². The molecule has 2 aromatic heterocycles. The molecule has 1 aliphatic rings. The number of amides is 1. The van der Waals surface area contributed by atoms with Gasteiger partial charge in [0.15, 0.2) is 0 Å². The van der Waals surface area contributed by atoms with Crippen LogP contribution in [0.25, 0.3) is 11.4 Å². The van der Waals surface area contributed by atoms with E-state index in [-0.39, 0.29) is 5.91 Å². The first-order valence-electron chi connectivity index (χ1n) is 12.3. The van der Waals surface area contributed by atoms with E-state index in [0.717, 1.165) is 38.2 Å². The normalized spacial score (nSPS) is 13.9. The van der Waals surface area contributed by atoms with Crippen molar-refractivity contribution in [1.29, 1.82) is 0 Å². The number of aliphatic imine (C=N–C) groups is 1. The zero-order valence-electron chi connectivity index (χ0n) is 20.6. The van der Waals surface area contributed by atoms with E-state index in [1.54, 1.807) is 30.9 Å². The van der Waals surface area contributed by atoms with Crippen molar-refractivity contribution in [2.45, 2.75) is 25.4 Å². The summed E-state index contributed by atoms with van der Waals surface area (Å²) in [6.45, 7) is 2.82. The highest BCUT2D eigenvalue weighted by atomic mass is 32.1. The number of hydrogen-bond acceptors (Lipinski definition) is 9. The molecule has 0 atom stereocenters. The molecule has 9 nitrogen and oxygen atoms in total. The third-order valence-electron chi connectivity index (χ3n) is 6.29. The molecule has 190 valence electrons. The van der Waals surface area contributed by atoms with Crippen LogP contribution in [0.2, 0.25) is 0 Å². The Morgan fingerprint density at radius 2 is 1.71 bits per heavy atom. The van der Waals surface area contributed by atoms with Gasteiger partial charge in [0.05, 0.1) is 23.1 Å². The van der Waals surface area contributed by atoms with Crippen molar-refractivity contribution in [3.8, 4) is 11.4 Å². The van der Waals surface area contributed by atoms with Gasteiger partial charge in [0.2, 0.25) is 5.95 Å². The molecule has 2 N–H and O–H groups in total. The molecule has 4 aromatic rings. The maximum Gasteiger partial charge on any atom is 0.255 e. The second kappa shape index (κ2) is 12.2. The van der Waals surface area contributed by atoms with Crippen molar-refractivity contribution >= 4 is 40.6 Å². The molecule has 1 aliphatic heterocycles. The second-order valence-electron chi connectivity index (χ2n) is 8.94. The van der Waals surface area contributed by atoms with Gasteiger partial charge in [0.1, 0.15) is 5.69 Å². The molecule has 1 fully saturated rings. The van der Waals surface area contributed by atoms with Crippen LogP contribution in [0, 0.1) is 0 Å². The van der Waals surface area contributed by atoms with Gasteiger partial charge in [-0.3, -0.25) is 19.7 Å². The summed E-state index contributed by atoms with van der Waals surface area (Å²) >= 11 is 4.72. The first-order chi connectivity index (χ1) is 18.7. The Balaban J connectivity index is 1.14. The summed E-state index contributed by atoms with van der Waals surface area (Å²) in [6, 6.07) is 17.2. The number of nitrogens with zero attached hydrogens (tertiary/aromatic N) is 6. The largest absolute Gasteiger partial charge is 0.324 e. The number of anilines is 3. The van der Waals surface area contributed by atoms with E-state index in [9.17, 15) is 4.79 Å². The molecule has 5 rings (SSSR count). The predicted molar refractivity (Wildman–Crippen MR) is 151 cm³/mol. The van der Waals surface area contributed by atoms with Crippen molar-refractivity contribution in [2.75, 3.05) is 23.7 Å². The number of hydrogen-bond donors (Lipinski definition) is 2. The zero-order valence-corrected chi connectivity index (χ0v) is 21.4. The number of piperidine rings is 1. The highest BCUT2D eigenvalue weighted by Gasteiger charge is 2.18. The average molecular weight is 523 g/mol. The molecule has 1 saturated heterocycles. The zero-order chi connectivity index (χ0) is 26.2. The van der Waals surface area contributed by atoms with Gasteiger partial charge >= 0.3 is 0 Å². The van der Waals surface area contributed by atoms with E-state index in [0.29, 0.717) is 34.6 Å². The Labute approximate surface area is 226 Å². The van der Waals surface area contributed by atoms with Crippen molar-refractivity contribution in [2.24, 2.45) is 4.99 Å². The van der Waals surface area contributed by atoms with E-state index in [4.69, 9.17) is 12.2 Å². The monoisotopic (exact) mass is 522 g/mol. The van der Waals surface area contributed by atoms with Gasteiger partial charge in [0.25, 0.3) is 5.91 Å². The molecule has 1 amide bonds. The minimum atomic E-state index is -0.156. The quantitative estimate of drug-likeness (QED) is 0.246. The van der Waals surface area contributed by atoms with Crippen LogP contribution in [-0.2, 0) is 6.54 Å². The number of carbonyl (C=O) groups is 1. The van der Waals surface area contributed by atoms with Gasteiger partial charge < -0.3 is 10.6 Å².